The van der Waals surface area contributed by atoms with E-state index >= 15 is 0 Å². The second kappa shape index (κ2) is 6.81. The summed E-state index contributed by atoms with van der Waals surface area (Å²) in [5.41, 5.74) is 1.31. The van der Waals surface area contributed by atoms with Crippen LogP contribution < -0.4 is 4.90 Å². The SMILES string of the molecule is Cc1cccc(N2C(=O)C(=O)C(=C(O)c3ccccc3)[C@@H]2c2cccs2)n1. The Bertz CT molecular complexity index is 1040. The number of hydrogen-bond donors (Lipinski definition) is 1. The minimum absolute atomic E-state index is 0.0805. The zero-order valence-electron chi connectivity index (χ0n) is 14.5. The molecule has 1 saturated heterocycles. The monoisotopic (exact) mass is 376 g/mol. The summed E-state index contributed by atoms with van der Waals surface area (Å²) in [5, 5.41) is 12.7. The molecule has 0 saturated carbocycles. The number of Topliss-reactive ketones (excluding diaryl/α,β-unsaturated/α-hetero) is 1. The molecule has 3 heterocycles. The number of anilines is 1. The molecule has 6 heteroatoms. The number of thiophene rings is 1. The van der Waals surface area contributed by atoms with Crippen LogP contribution in [0.25, 0.3) is 5.76 Å². The number of amides is 1. The topological polar surface area (TPSA) is 70.5 Å². The van der Waals surface area contributed by atoms with Crippen LogP contribution in [0.3, 0.4) is 0 Å². The molecular weight excluding hydrogens is 360 g/mol. The Morgan fingerprint density at radius 2 is 1.81 bits per heavy atom. The van der Waals surface area contributed by atoms with Crippen molar-refractivity contribution in [3.63, 3.8) is 0 Å². The predicted molar refractivity (Wildman–Crippen MR) is 105 cm³/mol. The molecule has 0 bridgehead atoms. The Balaban J connectivity index is 1.94. The Morgan fingerprint density at radius 1 is 1.04 bits per heavy atom. The van der Waals surface area contributed by atoms with Gasteiger partial charge in [0.05, 0.1) is 5.57 Å². The highest BCUT2D eigenvalue weighted by Crippen LogP contribution is 2.42. The van der Waals surface area contributed by atoms with Crippen molar-refractivity contribution in [1.82, 2.24) is 4.98 Å². The van der Waals surface area contributed by atoms with E-state index in [-0.39, 0.29) is 11.3 Å². The van der Waals surface area contributed by atoms with Gasteiger partial charge in [-0.15, -0.1) is 11.3 Å². The molecule has 1 amide bonds. The van der Waals surface area contributed by atoms with Crippen molar-refractivity contribution in [3.8, 4) is 0 Å². The Labute approximate surface area is 160 Å². The first-order valence-corrected chi connectivity index (χ1v) is 9.29. The smallest absolute Gasteiger partial charge is 0.301 e. The van der Waals surface area contributed by atoms with Gasteiger partial charge >= 0.3 is 5.91 Å². The molecule has 0 unspecified atom stereocenters. The van der Waals surface area contributed by atoms with Crippen molar-refractivity contribution < 1.29 is 14.7 Å². The largest absolute Gasteiger partial charge is 0.507 e. The number of carbonyl (C=O) groups is 2. The van der Waals surface area contributed by atoms with Gasteiger partial charge in [0.25, 0.3) is 5.78 Å². The summed E-state index contributed by atoms with van der Waals surface area (Å²) in [5.74, 6) is -1.19. The summed E-state index contributed by atoms with van der Waals surface area (Å²) in [4.78, 5) is 32.3. The molecule has 1 aliphatic rings. The van der Waals surface area contributed by atoms with Crippen LogP contribution in [0, 0.1) is 6.92 Å². The van der Waals surface area contributed by atoms with Crippen molar-refractivity contribution >= 4 is 34.6 Å². The third kappa shape index (κ3) is 2.94. The van der Waals surface area contributed by atoms with Crippen LogP contribution >= 0.6 is 11.3 Å². The number of rotatable bonds is 3. The first-order valence-electron chi connectivity index (χ1n) is 8.41. The molecule has 5 nitrogen and oxygen atoms in total. The molecule has 134 valence electrons. The maximum absolute atomic E-state index is 12.9. The van der Waals surface area contributed by atoms with Crippen LogP contribution in [0.15, 0.2) is 71.6 Å². The highest BCUT2D eigenvalue weighted by molar-refractivity contribution is 7.10. The predicted octanol–water partition coefficient (Wildman–Crippen LogP) is 4.08. The third-order valence-electron chi connectivity index (χ3n) is 4.42. The van der Waals surface area contributed by atoms with Crippen LogP contribution in [0.4, 0.5) is 5.82 Å². The second-order valence-electron chi connectivity index (χ2n) is 6.19. The van der Waals surface area contributed by atoms with Gasteiger partial charge in [0.1, 0.15) is 17.6 Å². The lowest BCUT2D eigenvalue weighted by Crippen LogP contribution is -2.30. The van der Waals surface area contributed by atoms with E-state index in [0.29, 0.717) is 11.4 Å². The number of aliphatic hydroxyl groups is 1. The number of ketones is 1. The number of aliphatic hydroxyl groups excluding tert-OH is 1. The van der Waals surface area contributed by atoms with Gasteiger partial charge in [0, 0.05) is 16.1 Å². The van der Waals surface area contributed by atoms with Gasteiger partial charge in [-0.2, -0.15) is 0 Å². The number of hydrogen-bond acceptors (Lipinski definition) is 5. The van der Waals surface area contributed by atoms with Crippen molar-refractivity contribution in [1.29, 1.82) is 0 Å². The highest BCUT2D eigenvalue weighted by Gasteiger charge is 2.47. The van der Waals surface area contributed by atoms with Gasteiger partial charge in [-0.1, -0.05) is 42.5 Å². The Kier molecular flexibility index (Phi) is 4.33. The first kappa shape index (κ1) is 17.2. The van der Waals surface area contributed by atoms with Crippen molar-refractivity contribution in [2.75, 3.05) is 4.90 Å². The highest BCUT2D eigenvalue weighted by atomic mass is 32.1. The summed E-state index contributed by atoms with van der Waals surface area (Å²) in [6.45, 7) is 1.82. The number of nitrogens with zero attached hydrogens (tertiary/aromatic N) is 2. The van der Waals surface area contributed by atoms with Gasteiger partial charge in [-0.25, -0.2) is 4.98 Å². The van der Waals surface area contributed by atoms with E-state index in [1.807, 2.05) is 36.6 Å². The van der Waals surface area contributed by atoms with E-state index < -0.39 is 17.7 Å². The van der Waals surface area contributed by atoms with E-state index in [0.717, 1.165) is 10.6 Å². The second-order valence-corrected chi connectivity index (χ2v) is 7.17. The fraction of sp³-hybridized carbons (Fsp3) is 0.0952. The van der Waals surface area contributed by atoms with Crippen LogP contribution in [-0.4, -0.2) is 21.8 Å². The van der Waals surface area contributed by atoms with Gasteiger partial charge in [0.2, 0.25) is 0 Å². The average Bonchev–Trinajstić information content (AvgIpc) is 3.29. The van der Waals surface area contributed by atoms with E-state index in [2.05, 4.69) is 4.98 Å². The minimum Gasteiger partial charge on any atom is -0.507 e. The van der Waals surface area contributed by atoms with Crippen LogP contribution in [-0.2, 0) is 9.59 Å². The number of benzene rings is 1. The maximum Gasteiger partial charge on any atom is 0.301 e. The van der Waals surface area contributed by atoms with E-state index in [1.165, 1.54) is 16.2 Å². The van der Waals surface area contributed by atoms with Crippen molar-refractivity contribution in [2.45, 2.75) is 13.0 Å². The van der Waals surface area contributed by atoms with Gasteiger partial charge in [-0.05, 0) is 30.5 Å². The normalized spacial score (nSPS) is 18.9. The van der Waals surface area contributed by atoms with E-state index in [9.17, 15) is 14.7 Å². The number of pyridine rings is 1. The van der Waals surface area contributed by atoms with Gasteiger partial charge in [0.15, 0.2) is 0 Å². The van der Waals surface area contributed by atoms with Crippen LogP contribution in [0.5, 0.6) is 0 Å². The standard InChI is InChI=1S/C21H16N2O3S/c1-13-7-5-11-16(22-13)23-18(15-10-6-12-27-15)17(20(25)21(23)26)19(24)14-8-3-2-4-9-14/h2-12,18,24H,1H3/t18-/m0/s1. The lowest BCUT2D eigenvalue weighted by Gasteiger charge is -2.23. The van der Waals surface area contributed by atoms with Gasteiger partial charge < -0.3 is 5.11 Å². The average molecular weight is 376 g/mol. The molecule has 0 radical (unpaired) electrons. The van der Waals surface area contributed by atoms with Gasteiger partial charge in [-0.3, -0.25) is 14.5 Å². The molecule has 4 rings (SSSR count). The Hall–Kier alpha value is -3.25. The van der Waals surface area contributed by atoms with Crippen LogP contribution in [0.2, 0.25) is 0 Å². The Morgan fingerprint density at radius 3 is 2.48 bits per heavy atom. The molecule has 1 aromatic carbocycles. The first-order chi connectivity index (χ1) is 13.1. The molecule has 2 aromatic heterocycles. The van der Waals surface area contributed by atoms with Crippen molar-refractivity contribution in [3.05, 3.63) is 87.8 Å². The fourth-order valence-corrected chi connectivity index (χ4v) is 4.02. The lowest BCUT2D eigenvalue weighted by atomic mass is 10.00. The third-order valence-corrected chi connectivity index (χ3v) is 5.35. The molecule has 27 heavy (non-hydrogen) atoms. The minimum atomic E-state index is -0.710. The molecule has 1 atom stereocenters. The number of aromatic nitrogens is 1. The molecule has 1 N–H and O–H groups in total. The molecule has 3 aromatic rings. The summed E-state index contributed by atoms with van der Waals surface area (Å²) in [7, 11) is 0. The zero-order chi connectivity index (χ0) is 19.0. The van der Waals surface area contributed by atoms with E-state index in [4.69, 9.17) is 0 Å². The lowest BCUT2D eigenvalue weighted by molar-refractivity contribution is -0.132. The molecule has 1 fully saturated rings. The summed E-state index contributed by atoms with van der Waals surface area (Å²) in [6.07, 6.45) is 0. The van der Waals surface area contributed by atoms with Crippen LogP contribution in [0.1, 0.15) is 22.2 Å². The summed E-state index contributed by atoms with van der Waals surface area (Å²) in [6, 6.07) is 17.1. The van der Waals surface area contributed by atoms with E-state index in [1.54, 1.807) is 36.4 Å². The molecule has 0 aliphatic carbocycles. The zero-order valence-corrected chi connectivity index (χ0v) is 15.3. The fourth-order valence-electron chi connectivity index (χ4n) is 3.20. The quantitative estimate of drug-likeness (QED) is 0.425. The number of aryl methyl sites for hydroxylation is 1. The molecular formula is C21H16N2O3S. The summed E-state index contributed by atoms with van der Waals surface area (Å²) >= 11 is 1.42. The maximum atomic E-state index is 12.9. The summed E-state index contributed by atoms with van der Waals surface area (Å²) < 4.78 is 0. The molecule has 1 aliphatic heterocycles. The number of carbonyl (C=O) groups excluding carboxylic acids is 2. The molecule has 0 spiro atoms. The van der Waals surface area contributed by atoms with Crippen molar-refractivity contribution in [2.24, 2.45) is 0 Å².